The molecule has 0 aromatic heterocycles. The Kier molecular flexibility index (Phi) is 9.10. The van der Waals surface area contributed by atoms with Crippen LogP contribution in [0.4, 0.5) is 23.2 Å². The monoisotopic (exact) mass is 646 g/mol. The Balaban J connectivity index is 0.000000541. The summed E-state index contributed by atoms with van der Waals surface area (Å²) in [5.74, 6) is -4.72. The fraction of sp³-hybridized carbons (Fsp3) is 0.483. The fourth-order valence-corrected chi connectivity index (χ4v) is 6.59. The number of fused-ring (bicyclic) bond motifs is 2. The lowest BCUT2D eigenvalue weighted by molar-refractivity contribution is -0.192. The molecule has 3 aliphatic rings. The number of nitrogens with zero attached hydrogens (tertiary/aromatic N) is 1. The molecule has 2 aromatic carbocycles. The number of anilines is 1. The van der Waals surface area contributed by atoms with Gasteiger partial charge in [0, 0.05) is 35.8 Å². The number of nitrogens with one attached hydrogen (secondary N) is 3. The molecule has 234 valence electrons. The predicted molar refractivity (Wildman–Crippen MR) is 154 cm³/mol. The number of aliphatic carboxylic acids is 1. The van der Waals surface area contributed by atoms with Crippen molar-refractivity contribution in [3.63, 3.8) is 0 Å². The molecule has 8 nitrogen and oxygen atoms in total. The van der Waals surface area contributed by atoms with Gasteiger partial charge in [-0.2, -0.15) is 13.2 Å². The number of hydrogen-bond donors (Lipinski definition) is 4. The van der Waals surface area contributed by atoms with Crippen molar-refractivity contribution in [2.45, 2.75) is 62.8 Å². The number of carbonyl (C=O) groups is 3. The van der Waals surface area contributed by atoms with Crippen LogP contribution in [0, 0.1) is 11.2 Å². The number of halogens is 6. The van der Waals surface area contributed by atoms with Crippen molar-refractivity contribution < 1.29 is 37.1 Å². The molecule has 2 amide bonds. The van der Waals surface area contributed by atoms with Gasteiger partial charge in [-0.3, -0.25) is 9.59 Å². The number of carbonyl (C=O) groups excluding carboxylic acids is 2. The van der Waals surface area contributed by atoms with Crippen LogP contribution in [0.1, 0.15) is 44.2 Å². The molecule has 2 saturated heterocycles. The molecule has 4 N–H and O–H groups in total. The minimum absolute atomic E-state index is 0.00951. The predicted octanol–water partition coefficient (Wildman–Crippen LogP) is 4.95. The molecular weight excluding hydrogens is 615 g/mol. The van der Waals surface area contributed by atoms with Gasteiger partial charge in [-0.15, -0.1) is 0 Å². The van der Waals surface area contributed by atoms with Gasteiger partial charge in [0.25, 0.3) is 0 Å². The topological polar surface area (TPSA) is 111 Å². The highest BCUT2D eigenvalue weighted by Gasteiger charge is 2.66. The van der Waals surface area contributed by atoms with Crippen LogP contribution in [0.2, 0.25) is 10.0 Å². The summed E-state index contributed by atoms with van der Waals surface area (Å²) in [5, 5.41) is 17.2. The molecule has 0 unspecified atom stereocenters. The molecule has 0 aliphatic carbocycles. The van der Waals surface area contributed by atoms with Crippen LogP contribution in [-0.2, 0) is 19.8 Å². The summed E-state index contributed by atoms with van der Waals surface area (Å²) >= 11 is 12.5. The van der Waals surface area contributed by atoms with Crippen LogP contribution in [0.15, 0.2) is 36.4 Å². The highest BCUT2D eigenvalue weighted by molar-refractivity contribution is 6.31. The van der Waals surface area contributed by atoms with E-state index in [1.807, 2.05) is 13.1 Å². The molecule has 43 heavy (non-hydrogen) atoms. The second-order valence-electron chi connectivity index (χ2n) is 12.3. The minimum Gasteiger partial charge on any atom is -0.475 e. The molecular formula is C29H32Cl2F4N4O4. The molecule has 4 atom stereocenters. The Bertz CT molecular complexity index is 1430. The molecule has 0 saturated carbocycles. The number of amides is 2. The van der Waals surface area contributed by atoms with Gasteiger partial charge in [-0.05, 0) is 48.2 Å². The standard InChI is InChI=1S/C27H31Cl2FN4O2.C2HF3O2/c1-26(2,3)11-20-27(17-9-8-14(28)10-19(17)32-25(27)36)21(16-6-5-7-18(29)22(16)30)23(33-20)24(35)31-15-12-34(4)13-15;3-2(4,5)1(6)7/h5-10,15,20-21,23,33H,11-13H2,1-4H3,(H,31,35)(H,32,36);(H,6,7)/t20-,21+,23-,27+;/m1./s1. The number of carboxylic acids is 1. The van der Waals surface area contributed by atoms with Crippen molar-refractivity contribution in [2.24, 2.45) is 5.41 Å². The lowest BCUT2D eigenvalue weighted by atomic mass is 9.62. The van der Waals surface area contributed by atoms with Crippen LogP contribution in [-0.4, -0.2) is 72.2 Å². The molecule has 0 radical (unpaired) electrons. The van der Waals surface area contributed by atoms with Crippen molar-refractivity contribution in [1.82, 2.24) is 15.5 Å². The van der Waals surface area contributed by atoms with Gasteiger partial charge in [0.2, 0.25) is 11.8 Å². The van der Waals surface area contributed by atoms with E-state index < -0.39 is 41.4 Å². The lowest BCUT2D eigenvalue weighted by Crippen LogP contribution is -2.60. The number of hydrogen-bond acceptors (Lipinski definition) is 5. The second-order valence-corrected chi connectivity index (χ2v) is 13.2. The van der Waals surface area contributed by atoms with Gasteiger partial charge >= 0.3 is 12.1 Å². The zero-order valence-corrected chi connectivity index (χ0v) is 25.3. The maximum atomic E-state index is 15.7. The molecule has 2 fully saturated rings. The van der Waals surface area contributed by atoms with E-state index in [1.54, 1.807) is 24.3 Å². The third-order valence-corrected chi connectivity index (χ3v) is 8.40. The number of likely N-dealkylation sites (N-methyl/N-ethyl adjacent to an activating group) is 1. The number of rotatable bonds is 4. The van der Waals surface area contributed by atoms with Crippen molar-refractivity contribution in [3.05, 3.63) is 63.4 Å². The highest BCUT2D eigenvalue weighted by atomic mass is 35.5. The van der Waals surface area contributed by atoms with Crippen LogP contribution >= 0.6 is 23.2 Å². The van der Waals surface area contributed by atoms with Crippen LogP contribution < -0.4 is 16.0 Å². The molecule has 1 spiro atoms. The fourth-order valence-electron chi connectivity index (χ4n) is 6.23. The number of benzene rings is 2. The van der Waals surface area contributed by atoms with Crippen molar-refractivity contribution in [1.29, 1.82) is 0 Å². The Hall–Kier alpha value is -2.93. The third kappa shape index (κ3) is 6.47. The van der Waals surface area contributed by atoms with Gasteiger partial charge in [0.1, 0.15) is 11.2 Å². The van der Waals surface area contributed by atoms with Gasteiger partial charge in [0.15, 0.2) is 0 Å². The number of carboxylic acid groups (broad SMARTS) is 1. The Morgan fingerprint density at radius 2 is 1.77 bits per heavy atom. The normalized spacial score (nSPS) is 25.4. The van der Waals surface area contributed by atoms with E-state index in [0.29, 0.717) is 22.7 Å². The maximum Gasteiger partial charge on any atom is 0.490 e. The molecule has 2 aromatic rings. The van der Waals surface area contributed by atoms with E-state index in [0.717, 1.165) is 13.1 Å². The minimum atomic E-state index is -5.08. The largest absolute Gasteiger partial charge is 0.490 e. The van der Waals surface area contributed by atoms with E-state index in [4.69, 9.17) is 33.1 Å². The Morgan fingerprint density at radius 3 is 2.33 bits per heavy atom. The first-order valence-electron chi connectivity index (χ1n) is 13.5. The molecule has 5 rings (SSSR count). The Morgan fingerprint density at radius 1 is 1.14 bits per heavy atom. The summed E-state index contributed by atoms with van der Waals surface area (Å²) in [6.45, 7) is 7.75. The second kappa shape index (κ2) is 11.9. The molecule has 14 heteroatoms. The van der Waals surface area contributed by atoms with E-state index in [9.17, 15) is 22.8 Å². The van der Waals surface area contributed by atoms with E-state index in [2.05, 4.69) is 41.6 Å². The van der Waals surface area contributed by atoms with E-state index in [-0.39, 0.29) is 33.9 Å². The Labute approximate surface area is 256 Å². The van der Waals surface area contributed by atoms with E-state index >= 15 is 4.39 Å². The third-order valence-electron chi connectivity index (χ3n) is 7.87. The summed E-state index contributed by atoms with van der Waals surface area (Å²) in [7, 11) is 1.99. The van der Waals surface area contributed by atoms with Crippen LogP contribution in [0.25, 0.3) is 0 Å². The summed E-state index contributed by atoms with van der Waals surface area (Å²) < 4.78 is 47.4. The van der Waals surface area contributed by atoms with Crippen LogP contribution in [0.5, 0.6) is 0 Å². The first-order valence-corrected chi connectivity index (χ1v) is 14.2. The number of likely N-dealkylation sites (tertiary alicyclic amines) is 1. The summed E-state index contributed by atoms with van der Waals surface area (Å²) in [5.41, 5.74) is 0.121. The van der Waals surface area contributed by atoms with Crippen LogP contribution in [0.3, 0.4) is 0 Å². The summed E-state index contributed by atoms with van der Waals surface area (Å²) in [4.78, 5) is 38.8. The van der Waals surface area contributed by atoms with Gasteiger partial charge in [-0.25, -0.2) is 9.18 Å². The first-order chi connectivity index (χ1) is 19.9. The van der Waals surface area contributed by atoms with Gasteiger partial charge in [0.05, 0.1) is 17.1 Å². The van der Waals surface area contributed by atoms with Crippen molar-refractivity contribution in [3.8, 4) is 0 Å². The maximum absolute atomic E-state index is 15.7. The average molecular weight is 647 g/mol. The summed E-state index contributed by atoms with van der Waals surface area (Å²) in [6.07, 6.45) is -4.50. The van der Waals surface area contributed by atoms with Gasteiger partial charge < -0.3 is 26.0 Å². The number of alkyl halides is 3. The van der Waals surface area contributed by atoms with E-state index in [1.165, 1.54) is 6.07 Å². The smallest absolute Gasteiger partial charge is 0.475 e. The molecule has 3 aliphatic heterocycles. The van der Waals surface area contributed by atoms with Crippen molar-refractivity contribution >= 4 is 46.7 Å². The zero-order valence-electron chi connectivity index (χ0n) is 23.8. The SMILES string of the molecule is CN1CC(NC(=O)[C@@H]2N[C@H](CC(C)(C)C)[C@]3(C(=O)Nc4cc(Cl)ccc43)[C@H]2c2cccc(Cl)c2F)C1.O=C(O)C(F)(F)F. The lowest BCUT2D eigenvalue weighted by Gasteiger charge is -2.39. The highest BCUT2D eigenvalue weighted by Crippen LogP contribution is 2.57. The summed E-state index contributed by atoms with van der Waals surface area (Å²) in [6, 6.07) is 8.76. The zero-order chi connectivity index (χ0) is 32.1. The first kappa shape index (κ1) is 33.0. The quantitative estimate of drug-likeness (QED) is 0.350. The van der Waals surface area contributed by atoms with Crippen molar-refractivity contribution in [2.75, 3.05) is 25.5 Å². The molecule has 3 heterocycles. The van der Waals surface area contributed by atoms with Gasteiger partial charge in [-0.1, -0.05) is 62.2 Å². The molecule has 0 bridgehead atoms. The average Bonchev–Trinajstić information content (AvgIpc) is 3.33.